The van der Waals surface area contributed by atoms with Gasteiger partial charge < -0.3 is 5.73 Å². The minimum absolute atomic E-state index is 0.123. The van der Waals surface area contributed by atoms with Crippen molar-refractivity contribution in [2.75, 3.05) is 6.54 Å². The molecule has 18 heavy (non-hydrogen) atoms. The number of nitrogens with two attached hydrogens (primary N) is 1. The second-order valence-electron chi connectivity index (χ2n) is 5.18. The first-order chi connectivity index (χ1) is 8.45. The van der Waals surface area contributed by atoms with Crippen molar-refractivity contribution in [1.29, 1.82) is 0 Å². The number of hydrogen-bond donors (Lipinski definition) is 2. The van der Waals surface area contributed by atoms with E-state index < -0.39 is 10.0 Å². The summed E-state index contributed by atoms with van der Waals surface area (Å²) >= 11 is 0. The lowest BCUT2D eigenvalue weighted by Crippen LogP contribution is -2.39. The molecule has 1 aromatic heterocycles. The van der Waals surface area contributed by atoms with E-state index in [1.54, 1.807) is 12.1 Å². The van der Waals surface area contributed by atoms with Crippen LogP contribution in [0.3, 0.4) is 0 Å². The molecule has 0 aliphatic heterocycles. The van der Waals surface area contributed by atoms with Crippen molar-refractivity contribution in [3.63, 3.8) is 0 Å². The molecule has 2 rings (SSSR count). The van der Waals surface area contributed by atoms with Gasteiger partial charge in [0.1, 0.15) is 4.90 Å². The number of sulfonamides is 1. The van der Waals surface area contributed by atoms with Gasteiger partial charge in [0.2, 0.25) is 10.0 Å². The SMILES string of the molecule is CC1(CNS(=O)(=O)c2ccc(CN)nc2)CCC1. The molecule has 1 aliphatic carbocycles. The van der Waals surface area contributed by atoms with E-state index in [1.807, 2.05) is 0 Å². The van der Waals surface area contributed by atoms with Crippen LogP contribution in [0.4, 0.5) is 0 Å². The van der Waals surface area contributed by atoms with E-state index in [4.69, 9.17) is 5.73 Å². The van der Waals surface area contributed by atoms with Crippen molar-refractivity contribution < 1.29 is 8.42 Å². The summed E-state index contributed by atoms with van der Waals surface area (Å²) in [4.78, 5) is 4.19. The molecule has 1 saturated carbocycles. The monoisotopic (exact) mass is 269 g/mol. The molecule has 100 valence electrons. The molecule has 0 bridgehead atoms. The van der Waals surface area contributed by atoms with Crippen LogP contribution in [0, 0.1) is 5.41 Å². The molecular weight excluding hydrogens is 250 g/mol. The van der Waals surface area contributed by atoms with Crippen LogP contribution in [0.15, 0.2) is 23.2 Å². The van der Waals surface area contributed by atoms with E-state index in [2.05, 4.69) is 16.6 Å². The predicted octanol–water partition coefficient (Wildman–Crippen LogP) is 1.01. The van der Waals surface area contributed by atoms with Crippen molar-refractivity contribution >= 4 is 10.0 Å². The summed E-state index contributed by atoms with van der Waals surface area (Å²) in [6, 6.07) is 3.18. The number of pyridine rings is 1. The van der Waals surface area contributed by atoms with Gasteiger partial charge in [0.25, 0.3) is 0 Å². The van der Waals surface area contributed by atoms with Gasteiger partial charge in [-0.25, -0.2) is 13.1 Å². The quantitative estimate of drug-likeness (QED) is 0.835. The van der Waals surface area contributed by atoms with Gasteiger partial charge in [-0.15, -0.1) is 0 Å². The van der Waals surface area contributed by atoms with Crippen LogP contribution in [0.1, 0.15) is 31.9 Å². The molecule has 0 amide bonds. The third kappa shape index (κ3) is 2.88. The Kier molecular flexibility index (Phi) is 3.70. The second-order valence-corrected chi connectivity index (χ2v) is 6.95. The fraction of sp³-hybridized carbons (Fsp3) is 0.583. The van der Waals surface area contributed by atoms with Crippen LogP contribution in [0.2, 0.25) is 0 Å². The Morgan fingerprint density at radius 1 is 1.44 bits per heavy atom. The zero-order chi connectivity index (χ0) is 13.2. The fourth-order valence-corrected chi connectivity index (χ4v) is 3.14. The Hall–Kier alpha value is -0.980. The molecule has 1 aliphatic rings. The summed E-state index contributed by atoms with van der Waals surface area (Å²) in [6.45, 7) is 2.91. The molecule has 1 aromatic rings. The van der Waals surface area contributed by atoms with E-state index in [0.29, 0.717) is 18.8 Å². The zero-order valence-electron chi connectivity index (χ0n) is 10.5. The maximum Gasteiger partial charge on any atom is 0.242 e. The summed E-state index contributed by atoms with van der Waals surface area (Å²) in [7, 11) is -3.45. The second kappa shape index (κ2) is 4.95. The van der Waals surface area contributed by atoms with Gasteiger partial charge in [0.15, 0.2) is 0 Å². The van der Waals surface area contributed by atoms with E-state index >= 15 is 0 Å². The van der Waals surface area contributed by atoms with E-state index in [9.17, 15) is 8.42 Å². The lowest BCUT2D eigenvalue weighted by Gasteiger charge is -2.38. The molecule has 1 heterocycles. The van der Waals surface area contributed by atoms with Gasteiger partial charge >= 0.3 is 0 Å². The van der Waals surface area contributed by atoms with Crippen molar-refractivity contribution in [1.82, 2.24) is 9.71 Å². The summed E-state index contributed by atoms with van der Waals surface area (Å²) < 4.78 is 26.7. The molecule has 3 N–H and O–H groups in total. The molecule has 0 saturated heterocycles. The zero-order valence-corrected chi connectivity index (χ0v) is 11.3. The largest absolute Gasteiger partial charge is 0.325 e. The van der Waals surface area contributed by atoms with Crippen molar-refractivity contribution in [2.45, 2.75) is 37.6 Å². The molecular formula is C12H19N3O2S. The molecule has 1 fully saturated rings. The lowest BCUT2D eigenvalue weighted by molar-refractivity contribution is 0.166. The molecule has 0 unspecified atom stereocenters. The van der Waals surface area contributed by atoms with E-state index in [-0.39, 0.29) is 10.3 Å². The van der Waals surface area contributed by atoms with Crippen LogP contribution in [-0.4, -0.2) is 19.9 Å². The lowest BCUT2D eigenvalue weighted by atomic mass is 9.71. The Labute approximate surface area is 108 Å². The first-order valence-electron chi connectivity index (χ1n) is 6.10. The molecule has 0 spiro atoms. The van der Waals surface area contributed by atoms with Crippen molar-refractivity contribution in [2.24, 2.45) is 11.1 Å². The average Bonchev–Trinajstić information content (AvgIpc) is 2.34. The maximum absolute atomic E-state index is 12.0. The molecule has 0 radical (unpaired) electrons. The van der Waals surface area contributed by atoms with E-state index in [0.717, 1.165) is 12.8 Å². The molecule has 0 aromatic carbocycles. The number of nitrogens with zero attached hydrogens (tertiary/aromatic N) is 1. The van der Waals surface area contributed by atoms with Crippen LogP contribution >= 0.6 is 0 Å². The van der Waals surface area contributed by atoms with Gasteiger partial charge in [0, 0.05) is 19.3 Å². The van der Waals surface area contributed by atoms with Gasteiger partial charge in [-0.2, -0.15) is 0 Å². The first-order valence-corrected chi connectivity index (χ1v) is 7.58. The molecule has 0 atom stereocenters. The van der Waals surface area contributed by atoms with Gasteiger partial charge in [-0.05, 0) is 30.4 Å². The summed E-state index contributed by atoms with van der Waals surface area (Å²) in [6.07, 6.45) is 4.71. The summed E-state index contributed by atoms with van der Waals surface area (Å²) in [5.41, 5.74) is 6.23. The summed E-state index contributed by atoms with van der Waals surface area (Å²) in [5.74, 6) is 0. The minimum Gasteiger partial charge on any atom is -0.325 e. The standard InChI is InChI=1S/C12H19N3O2S/c1-12(5-2-6-12)9-15-18(16,17)11-4-3-10(7-13)14-8-11/h3-4,8,15H,2,5-7,9,13H2,1H3. The van der Waals surface area contributed by atoms with Crippen LogP contribution in [-0.2, 0) is 16.6 Å². The minimum atomic E-state index is -3.45. The fourth-order valence-electron chi connectivity index (χ4n) is 2.00. The van der Waals surface area contributed by atoms with Gasteiger partial charge in [-0.3, -0.25) is 4.98 Å². The Balaban J connectivity index is 2.05. The highest BCUT2D eigenvalue weighted by Crippen LogP contribution is 2.39. The third-order valence-electron chi connectivity index (χ3n) is 3.57. The molecule has 5 nitrogen and oxygen atoms in total. The number of nitrogens with one attached hydrogen (secondary N) is 1. The highest BCUT2D eigenvalue weighted by atomic mass is 32.2. The third-order valence-corrected chi connectivity index (χ3v) is 4.95. The van der Waals surface area contributed by atoms with Crippen molar-refractivity contribution in [3.05, 3.63) is 24.0 Å². The molecule has 6 heteroatoms. The number of aromatic nitrogens is 1. The van der Waals surface area contributed by atoms with E-state index in [1.165, 1.54) is 12.6 Å². The number of hydrogen-bond acceptors (Lipinski definition) is 4. The van der Waals surface area contributed by atoms with Crippen molar-refractivity contribution in [3.8, 4) is 0 Å². The number of rotatable bonds is 5. The van der Waals surface area contributed by atoms with Crippen LogP contribution in [0.25, 0.3) is 0 Å². The van der Waals surface area contributed by atoms with Gasteiger partial charge in [0.05, 0.1) is 5.69 Å². The van der Waals surface area contributed by atoms with Crippen LogP contribution in [0.5, 0.6) is 0 Å². The highest BCUT2D eigenvalue weighted by molar-refractivity contribution is 7.89. The average molecular weight is 269 g/mol. The smallest absolute Gasteiger partial charge is 0.242 e. The first kappa shape index (κ1) is 13.5. The predicted molar refractivity (Wildman–Crippen MR) is 69.3 cm³/mol. The normalized spacial score (nSPS) is 18.3. The topological polar surface area (TPSA) is 85.1 Å². The Morgan fingerprint density at radius 3 is 2.61 bits per heavy atom. The highest BCUT2D eigenvalue weighted by Gasteiger charge is 2.33. The summed E-state index contributed by atoms with van der Waals surface area (Å²) in [5, 5.41) is 0. The Morgan fingerprint density at radius 2 is 2.17 bits per heavy atom. The van der Waals surface area contributed by atoms with Crippen LogP contribution < -0.4 is 10.5 Å². The van der Waals surface area contributed by atoms with Gasteiger partial charge in [-0.1, -0.05) is 13.3 Å². The Bertz CT molecular complexity index is 507. The maximum atomic E-state index is 12.0.